The molecule has 2 aromatic carbocycles. The number of alkyl carbamates (subject to hydrolysis) is 1. The molecule has 5 rings (SSSR count). The molecule has 2 saturated heterocycles. The smallest absolute Gasteiger partial charge is 0.410 e. The molecule has 2 aliphatic heterocycles. The van der Waals surface area contributed by atoms with E-state index < -0.39 is 17.2 Å². The molecule has 2 bridgehead atoms. The van der Waals surface area contributed by atoms with Crippen LogP contribution in [0.1, 0.15) is 63.5 Å². The predicted molar refractivity (Wildman–Crippen MR) is 131 cm³/mol. The number of rotatable bonds is 3. The Morgan fingerprint density at radius 3 is 2.09 bits per heavy atom. The lowest BCUT2D eigenvalue weighted by molar-refractivity contribution is 0.000655. The first kappa shape index (κ1) is 23.2. The molecule has 0 aromatic heterocycles. The number of amides is 2. The highest BCUT2D eigenvalue weighted by molar-refractivity contribution is 5.79. The minimum Gasteiger partial charge on any atom is -0.449 e. The third kappa shape index (κ3) is 4.34. The summed E-state index contributed by atoms with van der Waals surface area (Å²) in [5.41, 5.74) is 2.96. The van der Waals surface area contributed by atoms with Gasteiger partial charge in [0.1, 0.15) is 17.7 Å². The zero-order valence-corrected chi connectivity index (χ0v) is 20.4. The summed E-state index contributed by atoms with van der Waals surface area (Å²) in [4.78, 5) is 27.4. The second-order valence-corrected chi connectivity index (χ2v) is 10.8. The highest BCUT2D eigenvalue weighted by Gasteiger charge is 2.52. The molecule has 2 aromatic rings. The van der Waals surface area contributed by atoms with Gasteiger partial charge in [0.2, 0.25) is 0 Å². The third-order valence-electron chi connectivity index (χ3n) is 7.29. The van der Waals surface area contributed by atoms with Crippen molar-refractivity contribution in [3.8, 4) is 17.2 Å². The summed E-state index contributed by atoms with van der Waals surface area (Å²) in [6.45, 7) is 5.72. The van der Waals surface area contributed by atoms with Crippen molar-refractivity contribution in [1.29, 1.82) is 5.26 Å². The molecule has 1 aliphatic carbocycles. The number of fused-ring (bicyclic) bond motifs is 5. The van der Waals surface area contributed by atoms with Gasteiger partial charge in [-0.25, -0.2) is 9.59 Å². The number of benzene rings is 2. The Labute approximate surface area is 206 Å². The number of nitrogens with zero attached hydrogens (tertiary/aromatic N) is 2. The largest absolute Gasteiger partial charge is 0.449 e. The van der Waals surface area contributed by atoms with E-state index in [4.69, 9.17) is 9.47 Å². The quantitative estimate of drug-likeness (QED) is 0.649. The van der Waals surface area contributed by atoms with E-state index in [2.05, 4.69) is 35.7 Å². The maximum atomic E-state index is 12.9. The average Bonchev–Trinajstić information content (AvgIpc) is 3.29. The van der Waals surface area contributed by atoms with Gasteiger partial charge in [-0.1, -0.05) is 48.5 Å². The highest BCUT2D eigenvalue weighted by Crippen LogP contribution is 2.45. The molecular formula is C28H31N3O4. The number of carbonyl (C=O) groups excluding carboxylic acids is 2. The van der Waals surface area contributed by atoms with Crippen LogP contribution in [0.2, 0.25) is 0 Å². The van der Waals surface area contributed by atoms with E-state index in [1.54, 1.807) is 4.90 Å². The molecule has 2 fully saturated rings. The fourth-order valence-corrected chi connectivity index (χ4v) is 5.91. The van der Waals surface area contributed by atoms with Crippen LogP contribution in [0.15, 0.2) is 48.5 Å². The maximum Gasteiger partial charge on any atom is 0.410 e. The van der Waals surface area contributed by atoms with Gasteiger partial charge in [-0.2, -0.15) is 5.26 Å². The fourth-order valence-electron chi connectivity index (χ4n) is 5.91. The van der Waals surface area contributed by atoms with Crippen LogP contribution in [0.25, 0.3) is 11.1 Å². The summed E-state index contributed by atoms with van der Waals surface area (Å²) >= 11 is 0. The Morgan fingerprint density at radius 1 is 1.03 bits per heavy atom. The van der Waals surface area contributed by atoms with Crippen LogP contribution < -0.4 is 5.32 Å². The molecule has 35 heavy (non-hydrogen) atoms. The number of nitriles is 1. The van der Waals surface area contributed by atoms with Crippen molar-refractivity contribution in [3.63, 3.8) is 0 Å². The molecule has 1 N–H and O–H groups in total. The topological polar surface area (TPSA) is 91.7 Å². The zero-order chi connectivity index (χ0) is 24.8. The first-order valence-electron chi connectivity index (χ1n) is 12.3. The molecule has 3 aliphatic rings. The Kier molecular flexibility index (Phi) is 5.71. The van der Waals surface area contributed by atoms with Gasteiger partial charge in [-0.15, -0.1) is 0 Å². The summed E-state index contributed by atoms with van der Waals surface area (Å²) < 4.78 is 11.3. The van der Waals surface area contributed by atoms with Crippen molar-refractivity contribution in [3.05, 3.63) is 59.7 Å². The number of hydrogen-bond donors (Lipinski definition) is 1. The van der Waals surface area contributed by atoms with Crippen molar-refractivity contribution >= 4 is 12.2 Å². The maximum absolute atomic E-state index is 12.9. The minimum atomic E-state index is -1.06. The van der Waals surface area contributed by atoms with Crippen molar-refractivity contribution in [2.45, 2.75) is 75.6 Å². The van der Waals surface area contributed by atoms with Gasteiger partial charge in [0.05, 0.1) is 6.07 Å². The Morgan fingerprint density at radius 2 is 1.57 bits per heavy atom. The van der Waals surface area contributed by atoms with Crippen LogP contribution >= 0.6 is 0 Å². The number of ether oxygens (including phenoxy) is 2. The van der Waals surface area contributed by atoms with Crippen LogP contribution in [0, 0.1) is 11.3 Å². The normalized spacial score (nSPS) is 24.8. The van der Waals surface area contributed by atoms with Crippen LogP contribution in [0.5, 0.6) is 0 Å². The molecule has 182 valence electrons. The second-order valence-electron chi connectivity index (χ2n) is 10.8. The van der Waals surface area contributed by atoms with E-state index in [0.29, 0.717) is 12.8 Å². The lowest BCUT2D eigenvalue weighted by Crippen LogP contribution is -2.60. The number of nitrogens with one attached hydrogen (secondary N) is 1. The van der Waals surface area contributed by atoms with Gasteiger partial charge in [0.15, 0.2) is 0 Å². The minimum absolute atomic E-state index is 0.0450. The Balaban J connectivity index is 1.25. The summed E-state index contributed by atoms with van der Waals surface area (Å²) in [6, 6.07) is 18.4. The van der Waals surface area contributed by atoms with Crippen molar-refractivity contribution in [2.75, 3.05) is 6.61 Å². The molecule has 7 heteroatoms. The number of piperidine rings is 1. The van der Waals surface area contributed by atoms with Crippen molar-refractivity contribution in [2.24, 2.45) is 0 Å². The standard InChI is InChI=1S/C28H31N3O4/c1-27(2,3)35-26(33)31-18-12-13-19(31)15-28(14-18,17-29)30-25(32)34-16-24-22-10-6-4-8-20(22)21-9-5-7-11-23(21)24/h4-11,18-19,24H,12-16H2,1-3H3,(H,30,32). The van der Waals surface area contributed by atoms with Crippen LogP contribution in [0.4, 0.5) is 9.59 Å². The van der Waals surface area contributed by atoms with Crippen molar-refractivity contribution < 1.29 is 19.1 Å². The lowest BCUT2D eigenvalue weighted by Gasteiger charge is -2.43. The second kappa shape index (κ2) is 8.60. The molecule has 0 saturated carbocycles. The summed E-state index contributed by atoms with van der Waals surface area (Å²) in [5, 5.41) is 12.9. The monoisotopic (exact) mass is 473 g/mol. The van der Waals surface area contributed by atoms with E-state index in [-0.39, 0.29) is 30.7 Å². The molecule has 2 atom stereocenters. The van der Waals surface area contributed by atoms with Gasteiger partial charge in [-0.3, -0.25) is 0 Å². The van der Waals surface area contributed by atoms with E-state index in [0.717, 1.165) is 35.1 Å². The summed E-state index contributed by atoms with van der Waals surface area (Å²) in [7, 11) is 0. The van der Waals surface area contributed by atoms with Crippen LogP contribution in [-0.2, 0) is 9.47 Å². The average molecular weight is 474 g/mol. The van der Waals surface area contributed by atoms with E-state index in [1.807, 2.05) is 45.0 Å². The van der Waals surface area contributed by atoms with Crippen molar-refractivity contribution in [1.82, 2.24) is 10.2 Å². The number of carbonyl (C=O) groups is 2. The van der Waals surface area contributed by atoms with Gasteiger partial charge in [-0.05, 0) is 55.9 Å². The first-order chi connectivity index (χ1) is 16.7. The lowest BCUT2D eigenvalue weighted by atomic mass is 9.84. The summed E-state index contributed by atoms with van der Waals surface area (Å²) in [6.07, 6.45) is 1.36. The predicted octanol–water partition coefficient (Wildman–Crippen LogP) is 5.35. The molecule has 2 heterocycles. The van der Waals surface area contributed by atoms with E-state index >= 15 is 0 Å². The van der Waals surface area contributed by atoms with Crippen LogP contribution in [-0.4, -0.2) is 46.9 Å². The SMILES string of the molecule is CC(C)(C)OC(=O)N1C2CCC1CC(C#N)(NC(=O)OCC1c3ccccc3-c3ccccc31)C2. The molecule has 0 spiro atoms. The molecule has 2 unspecified atom stereocenters. The molecule has 2 amide bonds. The highest BCUT2D eigenvalue weighted by atomic mass is 16.6. The summed E-state index contributed by atoms with van der Waals surface area (Å²) in [5.74, 6) is -0.0450. The molecule has 7 nitrogen and oxygen atoms in total. The van der Waals surface area contributed by atoms with Gasteiger partial charge in [0.25, 0.3) is 0 Å². The fraction of sp³-hybridized carbons (Fsp3) is 0.464. The van der Waals surface area contributed by atoms with Crippen LogP contribution in [0.3, 0.4) is 0 Å². The van der Waals surface area contributed by atoms with Gasteiger partial charge in [0, 0.05) is 30.8 Å². The zero-order valence-electron chi connectivity index (χ0n) is 20.4. The molecule has 0 radical (unpaired) electrons. The Hall–Kier alpha value is -3.53. The van der Waals surface area contributed by atoms with Gasteiger partial charge < -0.3 is 19.7 Å². The Bertz CT molecular complexity index is 1140. The molecular weight excluding hydrogens is 442 g/mol. The van der Waals surface area contributed by atoms with E-state index in [9.17, 15) is 14.9 Å². The first-order valence-corrected chi connectivity index (χ1v) is 12.3. The van der Waals surface area contributed by atoms with E-state index in [1.165, 1.54) is 0 Å². The van der Waals surface area contributed by atoms with Gasteiger partial charge >= 0.3 is 12.2 Å². The third-order valence-corrected chi connectivity index (χ3v) is 7.29. The number of hydrogen-bond acceptors (Lipinski definition) is 5.